The second-order valence-corrected chi connectivity index (χ2v) is 6.82. The maximum atomic E-state index is 12.2. The van der Waals surface area contributed by atoms with Crippen molar-refractivity contribution in [2.45, 2.75) is 11.8 Å². The quantitative estimate of drug-likeness (QED) is 0.739. The van der Waals surface area contributed by atoms with E-state index >= 15 is 0 Å². The van der Waals surface area contributed by atoms with Gasteiger partial charge in [-0.15, -0.1) is 0 Å². The molecule has 0 spiro atoms. The van der Waals surface area contributed by atoms with Crippen LogP contribution in [0.1, 0.15) is 5.56 Å². The number of hydrogen-bond acceptors (Lipinski definition) is 5. The van der Waals surface area contributed by atoms with Crippen molar-refractivity contribution in [1.82, 2.24) is 4.72 Å². The van der Waals surface area contributed by atoms with Gasteiger partial charge < -0.3 is 14.2 Å². The second kappa shape index (κ2) is 8.03. The Labute approximate surface area is 142 Å². The Morgan fingerprint density at radius 1 is 1.00 bits per heavy atom. The molecule has 0 bridgehead atoms. The van der Waals surface area contributed by atoms with Crippen LogP contribution in [0, 0.1) is 6.92 Å². The molecule has 130 valence electrons. The molecule has 2 aromatic carbocycles. The van der Waals surface area contributed by atoms with E-state index in [0.717, 1.165) is 5.56 Å². The summed E-state index contributed by atoms with van der Waals surface area (Å²) in [5.74, 6) is 1.52. The molecule has 2 rings (SSSR count). The van der Waals surface area contributed by atoms with Crippen LogP contribution in [0.5, 0.6) is 17.2 Å². The van der Waals surface area contributed by atoms with Crippen LogP contribution in [0.3, 0.4) is 0 Å². The van der Waals surface area contributed by atoms with Gasteiger partial charge in [0.1, 0.15) is 6.61 Å². The van der Waals surface area contributed by atoms with Gasteiger partial charge in [-0.1, -0.05) is 18.2 Å². The summed E-state index contributed by atoms with van der Waals surface area (Å²) in [6, 6.07) is 12.0. The summed E-state index contributed by atoms with van der Waals surface area (Å²) in [5.41, 5.74) is 0.884. The van der Waals surface area contributed by atoms with Crippen LogP contribution in [-0.2, 0) is 10.0 Å². The molecule has 0 heterocycles. The van der Waals surface area contributed by atoms with Crippen LogP contribution >= 0.6 is 0 Å². The molecule has 0 aliphatic rings. The molecule has 0 unspecified atom stereocenters. The van der Waals surface area contributed by atoms with Crippen molar-refractivity contribution in [3.8, 4) is 17.2 Å². The lowest BCUT2D eigenvalue weighted by molar-refractivity contribution is 0.287. The number of nitrogens with one attached hydrogen (secondary N) is 1. The van der Waals surface area contributed by atoms with E-state index < -0.39 is 10.0 Å². The SMILES string of the molecule is COc1cccc(OCCNS(=O)(=O)c2cccc(C)c2)c1OC. The van der Waals surface area contributed by atoms with Crippen LogP contribution in [0.25, 0.3) is 0 Å². The Morgan fingerprint density at radius 2 is 1.71 bits per heavy atom. The van der Waals surface area contributed by atoms with E-state index in [1.54, 1.807) is 36.4 Å². The molecule has 1 N–H and O–H groups in total. The molecule has 2 aromatic rings. The van der Waals surface area contributed by atoms with Crippen molar-refractivity contribution in [2.75, 3.05) is 27.4 Å². The molecular weight excluding hydrogens is 330 g/mol. The second-order valence-electron chi connectivity index (χ2n) is 5.05. The molecule has 0 saturated carbocycles. The topological polar surface area (TPSA) is 73.9 Å². The zero-order chi connectivity index (χ0) is 17.6. The van der Waals surface area contributed by atoms with Crippen LogP contribution in [0.2, 0.25) is 0 Å². The first kappa shape index (κ1) is 18.1. The highest BCUT2D eigenvalue weighted by atomic mass is 32.2. The van der Waals surface area contributed by atoms with Crippen LogP contribution in [-0.4, -0.2) is 35.8 Å². The first-order valence-electron chi connectivity index (χ1n) is 7.38. The van der Waals surface area contributed by atoms with E-state index in [1.807, 2.05) is 13.0 Å². The van der Waals surface area contributed by atoms with Gasteiger partial charge in [0.2, 0.25) is 15.8 Å². The monoisotopic (exact) mass is 351 g/mol. The molecule has 7 heteroatoms. The molecule has 0 aliphatic carbocycles. The third-order valence-corrected chi connectivity index (χ3v) is 4.78. The zero-order valence-corrected chi connectivity index (χ0v) is 14.7. The summed E-state index contributed by atoms with van der Waals surface area (Å²) >= 11 is 0. The fourth-order valence-corrected chi connectivity index (χ4v) is 3.29. The molecule has 0 aliphatic heterocycles. The van der Waals surface area contributed by atoms with E-state index in [0.29, 0.717) is 17.2 Å². The highest BCUT2D eigenvalue weighted by molar-refractivity contribution is 7.89. The van der Waals surface area contributed by atoms with Gasteiger partial charge in [-0.3, -0.25) is 0 Å². The first-order valence-corrected chi connectivity index (χ1v) is 8.86. The molecule has 6 nitrogen and oxygen atoms in total. The molecule has 0 fully saturated rings. The van der Waals surface area contributed by atoms with E-state index in [1.165, 1.54) is 14.2 Å². The minimum absolute atomic E-state index is 0.136. The average molecular weight is 351 g/mol. The van der Waals surface area contributed by atoms with Crippen molar-refractivity contribution in [2.24, 2.45) is 0 Å². The number of ether oxygens (including phenoxy) is 3. The van der Waals surface area contributed by atoms with Gasteiger partial charge in [-0.05, 0) is 36.8 Å². The predicted molar refractivity (Wildman–Crippen MR) is 91.4 cm³/mol. The Hall–Kier alpha value is -2.25. The lowest BCUT2D eigenvalue weighted by Crippen LogP contribution is -2.28. The summed E-state index contributed by atoms with van der Waals surface area (Å²) in [5, 5.41) is 0. The average Bonchev–Trinajstić information content (AvgIpc) is 2.58. The number of sulfonamides is 1. The largest absolute Gasteiger partial charge is 0.493 e. The molecule has 0 amide bonds. The van der Waals surface area contributed by atoms with E-state index in [4.69, 9.17) is 14.2 Å². The number of para-hydroxylation sites is 1. The molecule has 0 radical (unpaired) electrons. The number of rotatable bonds is 8. The molecule has 0 saturated heterocycles. The fourth-order valence-electron chi connectivity index (χ4n) is 2.17. The van der Waals surface area contributed by atoms with Crippen molar-refractivity contribution in [1.29, 1.82) is 0 Å². The minimum atomic E-state index is -3.55. The summed E-state index contributed by atoms with van der Waals surface area (Å²) in [4.78, 5) is 0.237. The van der Waals surface area contributed by atoms with Gasteiger partial charge in [0.05, 0.1) is 19.1 Å². The molecule has 0 aromatic heterocycles. The normalized spacial score (nSPS) is 11.1. The van der Waals surface area contributed by atoms with Gasteiger partial charge >= 0.3 is 0 Å². The van der Waals surface area contributed by atoms with E-state index in [2.05, 4.69) is 4.72 Å². The molecule has 24 heavy (non-hydrogen) atoms. The van der Waals surface area contributed by atoms with Crippen LogP contribution in [0.15, 0.2) is 47.4 Å². The summed E-state index contributed by atoms with van der Waals surface area (Å²) in [7, 11) is -0.493. The predicted octanol–water partition coefficient (Wildman–Crippen LogP) is 2.37. The zero-order valence-electron chi connectivity index (χ0n) is 13.9. The number of hydrogen-bond donors (Lipinski definition) is 1. The van der Waals surface area contributed by atoms with Gasteiger partial charge in [-0.2, -0.15) is 0 Å². The molecule has 0 atom stereocenters. The highest BCUT2D eigenvalue weighted by Crippen LogP contribution is 2.36. The van der Waals surface area contributed by atoms with Gasteiger partial charge in [0.15, 0.2) is 11.5 Å². The third kappa shape index (κ3) is 4.39. The summed E-state index contributed by atoms with van der Waals surface area (Å²) in [6.45, 7) is 2.14. The Morgan fingerprint density at radius 3 is 2.38 bits per heavy atom. The van der Waals surface area contributed by atoms with E-state index in [-0.39, 0.29) is 18.0 Å². The van der Waals surface area contributed by atoms with Crippen molar-refractivity contribution in [3.05, 3.63) is 48.0 Å². The Balaban J connectivity index is 1.96. The summed E-state index contributed by atoms with van der Waals surface area (Å²) < 4.78 is 43.0. The third-order valence-electron chi connectivity index (χ3n) is 3.32. The highest BCUT2D eigenvalue weighted by Gasteiger charge is 2.14. The standard InChI is InChI=1S/C17H21NO5S/c1-13-6-4-7-14(12-13)24(19,20)18-10-11-23-16-9-5-8-15(21-2)17(16)22-3/h4-9,12,18H,10-11H2,1-3H3. The molecular formula is C17H21NO5S. The number of methoxy groups -OCH3 is 2. The Kier molecular flexibility index (Phi) is 6.05. The van der Waals surface area contributed by atoms with Gasteiger partial charge in [0.25, 0.3) is 0 Å². The fraction of sp³-hybridized carbons (Fsp3) is 0.294. The first-order chi connectivity index (χ1) is 11.5. The van der Waals surface area contributed by atoms with Gasteiger partial charge in [-0.25, -0.2) is 13.1 Å². The van der Waals surface area contributed by atoms with Crippen LogP contribution < -0.4 is 18.9 Å². The van der Waals surface area contributed by atoms with Gasteiger partial charge in [0, 0.05) is 6.54 Å². The Bertz CT molecular complexity index is 789. The number of benzene rings is 2. The maximum Gasteiger partial charge on any atom is 0.240 e. The van der Waals surface area contributed by atoms with E-state index in [9.17, 15) is 8.42 Å². The maximum absolute atomic E-state index is 12.2. The smallest absolute Gasteiger partial charge is 0.240 e. The minimum Gasteiger partial charge on any atom is -0.493 e. The lowest BCUT2D eigenvalue weighted by atomic mass is 10.2. The van der Waals surface area contributed by atoms with Crippen molar-refractivity contribution in [3.63, 3.8) is 0 Å². The van der Waals surface area contributed by atoms with Crippen LogP contribution in [0.4, 0.5) is 0 Å². The summed E-state index contributed by atoms with van der Waals surface area (Å²) in [6.07, 6.45) is 0. The lowest BCUT2D eigenvalue weighted by Gasteiger charge is -2.14. The van der Waals surface area contributed by atoms with Crippen molar-refractivity contribution >= 4 is 10.0 Å². The number of aryl methyl sites for hydroxylation is 1. The van der Waals surface area contributed by atoms with Crippen molar-refractivity contribution < 1.29 is 22.6 Å².